The summed E-state index contributed by atoms with van der Waals surface area (Å²) in [6, 6.07) is 11.1. The maximum absolute atomic E-state index is 12.5. The molecule has 1 N–H and O–H groups in total. The predicted octanol–water partition coefficient (Wildman–Crippen LogP) is 3.94. The highest BCUT2D eigenvalue weighted by Crippen LogP contribution is 2.29. The lowest BCUT2D eigenvalue weighted by Gasteiger charge is -2.13. The Morgan fingerprint density at radius 1 is 1.09 bits per heavy atom. The highest BCUT2D eigenvalue weighted by atomic mass is 35.5. The molecule has 0 saturated heterocycles. The highest BCUT2D eigenvalue weighted by molar-refractivity contribution is 7.92. The zero-order chi connectivity index (χ0) is 17.0. The molecule has 0 aliphatic rings. The van der Waals surface area contributed by atoms with Gasteiger partial charge in [-0.1, -0.05) is 11.6 Å². The van der Waals surface area contributed by atoms with Gasteiger partial charge >= 0.3 is 0 Å². The smallest absolute Gasteiger partial charge is 0.265 e. The van der Waals surface area contributed by atoms with Gasteiger partial charge in [-0.05, 0) is 56.3 Å². The van der Waals surface area contributed by atoms with Crippen molar-refractivity contribution >= 4 is 27.3 Å². The summed E-state index contributed by atoms with van der Waals surface area (Å²) in [5.41, 5.74) is 0.420. The molecule has 0 spiro atoms. The van der Waals surface area contributed by atoms with Crippen molar-refractivity contribution in [2.45, 2.75) is 24.8 Å². The lowest BCUT2D eigenvalue weighted by atomic mass is 10.3. The first-order valence-corrected chi connectivity index (χ1v) is 8.81. The predicted molar refractivity (Wildman–Crippen MR) is 91.0 cm³/mol. The fourth-order valence-electron chi connectivity index (χ4n) is 1.94. The quantitative estimate of drug-likeness (QED) is 0.852. The summed E-state index contributed by atoms with van der Waals surface area (Å²) in [5, 5.41) is 0.312. The molecule has 0 aliphatic heterocycles. The molecule has 0 unspecified atom stereocenters. The second kappa shape index (κ2) is 7.10. The maximum Gasteiger partial charge on any atom is 0.265 e. The molecule has 7 heteroatoms. The van der Waals surface area contributed by atoms with E-state index in [1.54, 1.807) is 30.3 Å². The lowest BCUT2D eigenvalue weighted by Crippen LogP contribution is -2.14. The van der Waals surface area contributed by atoms with Crippen molar-refractivity contribution in [1.82, 2.24) is 0 Å². The van der Waals surface area contributed by atoms with Crippen LogP contribution >= 0.6 is 11.6 Å². The van der Waals surface area contributed by atoms with Gasteiger partial charge in [-0.25, -0.2) is 8.42 Å². The SMILES string of the molecule is COc1ccc(Cl)cc1S(=O)(=O)Nc1ccc(OC(C)C)cc1. The summed E-state index contributed by atoms with van der Waals surface area (Å²) >= 11 is 5.89. The van der Waals surface area contributed by atoms with Gasteiger partial charge in [0.1, 0.15) is 16.4 Å². The molecule has 2 aromatic rings. The Labute approximate surface area is 141 Å². The van der Waals surface area contributed by atoms with Crippen molar-refractivity contribution < 1.29 is 17.9 Å². The van der Waals surface area contributed by atoms with Crippen LogP contribution in [0.2, 0.25) is 5.02 Å². The summed E-state index contributed by atoms with van der Waals surface area (Å²) in [7, 11) is -2.41. The first-order chi connectivity index (χ1) is 10.8. The standard InChI is InChI=1S/C16H18ClNO4S/c1-11(2)22-14-7-5-13(6-8-14)18-23(19,20)16-10-12(17)4-9-15(16)21-3/h4-11,18H,1-3H3. The van der Waals surface area contributed by atoms with Crippen molar-refractivity contribution in [3.05, 3.63) is 47.5 Å². The molecule has 0 aromatic heterocycles. The van der Waals surface area contributed by atoms with Crippen molar-refractivity contribution in [2.75, 3.05) is 11.8 Å². The van der Waals surface area contributed by atoms with Crippen LogP contribution in [0, 0.1) is 0 Å². The molecule has 5 nitrogen and oxygen atoms in total. The van der Waals surface area contributed by atoms with Gasteiger partial charge < -0.3 is 9.47 Å². The lowest BCUT2D eigenvalue weighted by molar-refractivity contribution is 0.242. The monoisotopic (exact) mass is 355 g/mol. The van der Waals surface area contributed by atoms with Gasteiger partial charge in [-0.2, -0.15) is 0 Å². The van der Waals surface area contributed by atoms with E-state index in [-0.39, 0.29) is 16.7 Å². The molecule has 0 heterocycles. The number of sulfonamides is 1. The maximum atomic E-state index is 12.5. The van der Waals surface area contributed by atoms with Gasteiger partial charge in [0.25, 0.3) is 10.0 Å². The molecule has 0 radical (unpaired) electrons. The number of nitrogens with one attached hydrogen (secondary N) is 1. The molecule has 0 amide bonds. The van der Waals surface area contributed by atoms with E-state index in [0.29, 0.717) is 16.5 Å². The molecule has 0 aliphatic carbocycles. The average molecular weight is 356 g/mol. The van der Waals surface area contributed by atoms with Crippen molar-refractivity contribution in [1.29, 1.82) is 0 Å². The van der Waals surface area contributed by atoms with Gasteiger partial charge in [-0.15, -0.1) is 0 Å². The summed E-state index contributed by atoms with van der Waals surface area (Å²) in [4.78, 5) is -0.0185. The molecular formula is C16H18ClNO4S. The van der Waals surface area contributed by atoms with Crippen molar-refractivity contribution in [2.24, 2.45) is 0 Å². The minimum atomic E-state index is -3.81. The Hall–Kier alpha value is -1.92. The van der Waals surface area contributed by atoms with Crippen LogP contribution in [0.25, 0.3) is 0 Å². The number of hydrogen-bond acceptors (Lipinski definition) is 4. The number of benzene rings is 2. The number of methoxy groups -OCH3 is 1. The third kappa shape index (κ3) is 4.53. The second-order valence-electron chi connectivity index (χ2n) is 5.09. The van der Waals surface area contributed by atoms with Gasteiger partial charge in [-0.3, -0.25) is 4.72 Å². The molecule has 2 rings (SSSR count). The van der Waals surface area contributed by atoms with Gasteiger partial charge in [0.2, 0.25) is 0 Å². The molecule has 23 heavy (non-hydrogen) atoms. The van der Waals surface area contributed by atoms with E-state index in [9.17, 15) is 8.42 Å². The summed E-state index contributed by atoms with van der Waals surface area (Å²) < 4.78 is 38.1. The van der Waals surface area contributed by atoms with Crippen LogP contribution in [0.3, 0.4) is 0 Å². The molecule has 0 fully saturated rings. The van der Waals surface area contributed by atoms with E-state index in [1.807, 2.05) is 13.8 Å². The largest absolute Gasteiger partial charge is 0.495 e. The zero-order valence-corrected chi connectivity index (χ0v) is 14.6. The summed E-state index contributed by atoms with van der Waals surface area (Å²) in [6.07, 6.45) is 0.0493. The highest BCUT2D eigenvalue weighted by Gasteiger charge is 2.20. The van der Waals surface area contributed by atoms with E-state index < -0.39 is 10.0 Å². The Bertz CT molecular complexity index is 773. The first kappa shape index (κ1) is 17.4. The number of anilines is 1. The topological polar surface area (TPSA) is 64.6 Å². The minimum absolute atomic E-state index is 0.0185. The van der Waals surface area contributed by atoms with Crippen LogP contribution in [0.15, 0.2) is 47.4 Å². The first-order valence-electron chi connectivity index (χ1n) is 6.95. The summed E-state index contributed by atoms with van der Waals surface area (Å²) in [6.45, 7) is 3.84. The van der Waals surface area contributed by atoms with Gasteiger partial charge in [0, 0.05) is 10.7 Å². The molecule has 0 bridgehead atoms. The third-order valence-corrected chi connectivity index (χ3v) is 4.53. The molecular weight excluding hydrogens is 338 g/mol. The minimum Gasteiger partial charge on any atom is -0.495 e. The van der Waals surface area contributed by atoms with Gasteiger partial charge in [0.15, 0.2) is 0 Å². The average Bonchev–Trinajstić information content (AvgIpc) is 2.48. The van der Waals surface area contributed by atoms with Crippen molar-refractivity contribution in [3.8, 4) is 11.5 Å². The van der Waals surface area contributed by atoms with Crippen LogP contribution < -0.4 is 14.2 Å². The van der Waals surface area contributed by atoms with E-state index in [1.165, 1.54) is 19.2 Å². The third-order valence-electron chi connectivity index (χ3n) is 2.89. The molecule has 124 valence electrons. The van der Waals surface area contributed by atoms with Crippen molar-refractivity contribution in [3.63, 3.8) is 0 Å². The number of halogens is 1. The Kier molecular flexibility index (Phi) is 5.38. The Morgan fingerprint density at radius 3 is 2.30 bits per heavy atom. The van der Waals surface area contributed by atoms with Crippen LogP contribution in [0.5, 0.6) is 11.5 Å². The van der Waals surface area contributed by atoms with Crippen LogP contribution in [0.1, 0.15) is 13.8 Å². The Morgan fingerprint density at radius 2 is 1.74 bits per heavy atom. The fourth-order valence-corrected chi connectivity index (χ4v) is 3.44. The number of hydrogen-bond donors (Lipinski definition) is 1. The molecule has 0 atom stereocenters. The zero-order valence-electron chi connectivity index (χ0n) is 13.0. The van der Waals surface area contributed by atoms with E-state index in [2.05, 4.69) is 4.72 Å². The van der Waals surface area contributed by atoms with Gasteiger partial charge in [0.05, 0.1) is 13.2 Å². The van der Waals surface area contributed by atoms with Crippen LogP contribution in [-0.2, 0) is 10.0 Å². The van der Waals surface area contributed by atoms with E-state index in [4.69, 9.17) is 21.1 Å². The number of rotatable bonds is 6. The van der Waals surface area contributed by atoms with Crippen LogP contribution in [0.4, 0.5) is 5.69 Å². The Balaban J connectivity index is 2.26. The normalized spacial score (nSPS) is 11.3. The molecule has 2 aromatic carbocycles. The molecule has 0 saturated carbocycles. The number of ether oxygens (including phenoxy) is 2. The fraction of sp³-hybridized carbons (Fsp3) is 0.250. The summed E-state index contributed by atoms with van der Waals surface area (Å²) in [5.74, 6) is 0.893. The van der Waals surface area contributed by atoms with E-state index in [0.717, 1.165) is 0 Å². The second-order valence-corrected chi connectivity index (χ2v) is 7.18. The van der Waals surface area contributed by atoms with E-state index >= 15 is 0 Å². The van der Waals surface area contributed by atoms with Crippen LogP contribution in [-0.4, -0.2) is 21.6 Å².